The maximum atomic E-state index is 2.73. The van der Waals surface area contributed by atoms with Crippen LogP contribution >= 0.6 is 0 Å². The summed E-state index contributed by atoms with van der Waals surface area (Å²) in [6.45, 7) is 14.2. The van der Waals surface area contributed by atoms with Crippen molar-refractivity contribution in [2.24, 2.45) is 11.8 Å². The van der Waals surface area contributed by atoms with Crippen LogP contribution in [0.2, 0.25) is 7.35 Å². The molecule has 8 rings (SSSR count). The molecule has 0 radical (unpaired) electrons. The fourth-order valence-electron chi connectivity index (χ4n) is 10.6. The molecule has 0 aromatic heterocycles. The largest absolute Gasteiger partial charge is 1.00 e. The van der Waals surface area contributed by atoms with E-state index in [9.17, 15) is 0 Å². The van der Waals surface area contributed by atoms with E-state index in [0.29, 0.717) is 19.2 Å². The van der Waals surface area contributed by atoms with Gasteiger partial charge in [0.2, 0.25) is 0 Å². The van der Waals surface area contributed by atoms with Gasteiger partial charge in [0.1, 0.15) is 0 Å². The van der Waals surface area contributed by atoms with Crippen molar-refractivity contribution in [2.45, 2.75) is 94.8 Å². The van der Waals surface area contributed by atoms with Crippen LogP contribution in [0.3, 0.4) is 0 Å². The normalized spacial score (nSPS) is 23.4. The number of hydrogen-bond acceptors (Lipinski definition) is 0. The molecule has 4 aliphatic rings. The van der Waals surface area contributed by atoms with E-state index in [1.54, 1.807) is 33.4 Å². The zero-order chi connectivity index (χ0) is 32.4. The fraction of sp³-hybridized carbons (Fsp3) is 0.391. The third-order valence-corrected chi connectivity index (χ3v) is 37.2. The Balaban J connectivity index is 0.00000208. The average Bonchev–Trinajstić information content (AvgIpc) is 3.33. The summed E-state index contributed by atoms with van der Waals surface area (Å²) in [6.07, 6.45) is 13.8. The second-order valence-electron chi connectivity index (χ2n) is 16.3. The molecule has 3 aliphatic carbocycles. The van der Waals surface area contributed by atoms with Crippen molar-refractivity contribution < 1.29 is 44.8 Å². The Labute approximate surface area is 313 Å². The van der Waals surface area contributed by atoms with Gasteiger partial charge in [0.05, 0.1) is 0 Å². The summed E-state index contributed by atoms with van der Waals surface area (Å²) in [5.74, 6) is 1.34. The van der Waals surface area contributed by atoms with Gasteiger partial charge in [0.15, 0.2) is 0 Å². The molecule has 4 unspecified atom stereocenters. The molecule has 2 fully saturated rings. The molecule has 0 spiro atoms. The first-order valence-electron chi connectivity index (χ1n) is 18.6. The monoisotopic (exact) mass is 854 g/mol. The number of hydrogen-bond donors (Lipinski definition) is 0. The van der Waals surface area contributed by atoms with E-state index in [4.69, 9.17) is 0 Å². The zero-order valence-electron chi connectivity index (χ0n) is 30.2. The van der Waals surface area contributed by atoms with Crippen LogP contribution in [-0.4, -0.2) is 0 Å². The smallest absolute Gasteiger partial charge is 1.00 e. The van der Waals surface area contributed by atoms with E-state index in [-0.39, 0.29) is 24.8 Å². The van der Waals surface area contributed by atoms with Gasteiger partial charge in [-0.2, -0.15) is 0 Å². The number of aryl methyl sites for hydroxylation is 2. The van der Waals surface area contributed by atoms with Gasteiger partial charge in [-0.3, -0.25) is 0 Å². The summed E-state index contributed by atoms with van der Waals surface area (Å²) in [4.78, 5) is 0. The van der Waals surface area contributed by atoms with Crippen molar-refractivity contribution in [3.05, 3.63) is 129 Å². The van der Waals surface area contributed by atoms with Gasteiger partial charge in [-0.15, -0.1) is 0 Å². The van der Waals surface area contributed by atoms with Crippen LogP contribution in [0.1, 0.15) is 107 Å². The molecule has 4 atom stereocenters. The van der Waals surface area contributed by atoms with Gasteiger partial charge in [0, 0.05) is 0 Å². The molecule has 1 heterocycles. The van der Waals surface area contributed by atoms with Crippen molar-refractivity contribution in [2.75, 3.05) is 0 Å². The van der Waals surface area contributed by atoms with Crippen molar-refractivity contribution in [1.82, 2.24) is 0 Å². The van der Waals surface area contributed by atoms with Gasteiger partial charge in [-0.05, 0) is 0 Å². The number of fused-ring (bicyclic) bond motifs is 3. The summed E-state index contributed by atoms with van der Waals surface area (Å²) in [5, 5.41) is 0. The topological polar surface area (TPSA) is 0 Å². The first-order valence-corrected chi connectivity index (χ1v) is 26.9. The number of allylic oxidation sites excluding steroid dienone is 2. The molecule has 3 heteroatoms. The Bertz CT molecular complexity index is 1740. The summed E-state index contributed by atoms with van der Waals surface area (Å²) in [7, 11) is 0. The predicted octanol–water partition coefficient (Wildman–Crippen LogP) is 7.63. The van der Waals surface area contributed by atoms with Crippen LogP contribution in [0.25, 0.3) is 34.4 Å². The molecule has 0 nitrogen and oxygen atoms in total. The summed E-state index contributed by atoms with van der Waals surface area (Å²) < 4.78 is 3.43. The Hall–Kier alpha value is -2.19. The third kappa shape index (κ3) is 6.23. The molecule has 0 N–H and O–H groups in total. The Kier molecular flexibility index (Phi) is 10.8. The quantitative estimate of drug-likeness (QED) is 0.160. The second-order valence-corrected chi connectivity index (χ2v) is 33.0. The van der Waals surface area contributed by atoms with Crippen LogP contribution in [-0.2, 0) is 20.0 Å². The van der Waals surface area contributed by atoms with Gasteiger partial charge < -0.3 is 24.8 Å². The number of benzene rings is 4. The van der Waals surface area contributed by atoms with Crippen LogP contribution in [0.15, 0.2) is 96.1 Å². The van der Waals surface area contributed by atoms with E-state index in [1.807, 2.05) is 0 Å². The van der Waals surface area contributed by atoms with Crippen molar-refractivity contribution in [3.63, 3.8) is 0 Å². The van der Waals surface area contributed by atoms with Crippen LogP contribution in [0, 0.1) is 25.7 Å². The minimum atomic E-state index is -3.26. The maximum Gasteiger partial charge on any atom is -1.00 e. The van der Waals surface area contributed by atoms with E-state index in [2.05, 4.69) is 139 Å². The Morgan fingerprint density at radius 2 is 0.939 bits per heavy atom. The third-order valence-electron chi connectivity index (χ3n) is 12.3. The van der Waals surface area contributed by atoms with Crippen LogP contribution in [0.4, 0.5) is 0 Å². The summed E-state index contributed by atoms with van der Waals surface area (Å²) in [5.41, 5.74) is 18.5. The summed E-state index contributed by atoms with van der Waals surface area (Å²) >= 11 is -3.26. The maximum absolute atomic E-state index is 3.26. The van der Waals surface area contributed by atoms with Crippen molar-refractivity contribution in [3.8, 4) is 22.3 Å². The van der Waals surface area contributed by atoms with E-state index in [0.717, 1.165) is 7.35 Å². The van der Waals surface area contributed by atoms with Crippen LogP contribution in [0.5, 0.6) is 0 Å². The molecule has 4 aromatic carbocycles. The van der Waals surface area contributed by atoms with Crippen molar-refractivity contribution >= 4 is 12.2 Å². The molecule has 1 saturated carbocycles. The zero-order valence-corrected chi connectivity index (χ0v) is 35.3. The van der Waals surface area contributed by atoms with Gasteiger partial charge >= 0.3 is 290 Å². The second kappa shape index (κ2) is 14.4. The van der Waals surface area contributed by atoms with E-state index >= 15 is 0 Å². The first kappa shape index (κ1) is 36.6. The van der Waals surface area contributed by atoms with E-state index < -0.39 is 20.0 Å². The molecule has 49 heavy (non-hydrogen) atoms. The SMILES string of the molecule is Cc1ccc(-c2cccc3c2C=C(CC(C)C)[CH]3[Hf+2]2([CH]3C(CC(C)C)=Cc4c(-c5ccc(C)cc5)cccc43)[CH]3CCCC[CH]32)cc1.[Cl-].[Cl-]. The molecular formula is C46H52Cl2Hf. The van der Waals surface area contributed by atoms with E-state index in [1.165, 1.54) is 71.9 Å². The fourth-order valence-corrected chi connectivity index (χ4v) is 45.8. The molecule has 1 saturated heterocycles. The predicted molar refractivity (Wildman–Crippen MR) is 200 cm³/mol. The Morgan fingerprint density at radius 3 is 1.31 bits per heavy atom. The van der Waals surface area contributed by atoms with Gasteiger partial charge in [-0.1, -0.05) is 0 Å². The molecule has 0 bridgehead atoms. The standard InChI is InChI=1S/2C20H21.C6H10.2ClH.Hf/c2*1-14(2)11-16-12-18-5-4-6-19(20(18)13-16)17-9-7-15(3)8-10-17;1-2-4-6-5-3-1;;;/h2*4-10,12-14H,11H2,1-3H3;1-2H,3-6H2;2*1H;/q;;;;;+2/p-2. The minimum Gasteiger partial charge on any atom is -1.00 e. The van der Waals surface area contributed by atoms with Crippen LogP contribution < -0.4 is 24.8 Å². The Morgan fingerprint density at radius 1 is 0.551 bits per heavy atom. The van der Waals surface area contributed by atoms with Gasteiger partial charge in [0.25, 0.3) is 0 Å². The first-order chi connectivity index (χ1) is 22.8. The molecule has 1 aliphatic heterocycles. The minimum absolute atomic E-state index is 0. The molecule has 254 valence electrons. The molecule has 4 aromatic rings. The molecule has 0 amide bonds. The summed E-state index contributed by atoms with van der Waals surface area (Å²) in [6, 6.07) is 33.4. The average molecular weight is 854 g/mol. The van der Waals surface area contributed by atoms with Gasteiger partial charge in [-0.25, -0.2) is 0 Å². The number of halogens is 2. The van der Waals surface area contributed by atoms with Crippen molar-refractivity contribution in [1.29, 1.82) is 0 Å². The number of rotatable bonds is 8. The molecular weight excluding hydrogens is 802 g/mol.